The SMILES string of the molecule is CCc1c(C)nn(C2CCCCCC2N)c1C. The normalized spacial score (nSPS) is 25.9. The van der Waals surface area contributed by atoms with E-state index in [1.54, 1.807) is 0 Å². The third-order valence-corrected chi connectivity index (χ3v) is 4.17. The predicted octanol–water partition coefficient (Wildman–Crippen LogP) is 2.89. The van der Waals surface area contributed by atoms with Gasteiger partial charge in [-0.2, -0.15) is 5.10 Å². The fourth-order valence-electron chi connectivity index (χ4n) is 3.15. The highest BCUT2D eigenvalue weighted by Gasteiger charge is 2.25. The summed E-state index contributed by atoms with van der Waals surface area (Å²) in [6, 6.07) is 0.691. The molecule has 3 heteroatoms. The molecule has 1 saturated carbocycles. The lowest BCUT2D eigenvalue weighted by molar-refractivity contribution is 0.351. The molecule has 2 rings (SSSR count). The van der Waals surface area contributed by atoms with E-state index >= 15 is 0 Å². The molecule has 0 radical (unpaired) electrons. The first-order valence-electron chi connectivity index (χ1n) is 6.95. The molecule has 2 unspecified atom stereocenters. The van der Waals surface area contributed by atoms with Crippen molar-refractivity contribution in [2.45, 2.75) is 71.4 Å². The zero-order valence-corrected chi connectivity index (χ0v) is 11.4. The highest BCUT2D eigenvalue weighted by atomic mass is 15.3. The minimum Gasteiger partial charge on any atom is -0.326 e. The fraction of sp³-hybridized carbons (Fsp3) is 0.786. The molecule has 1 aromatic rings. The molecule has 1 aliphatic carbocycles. The molecule has 1 aliphatic rings. The van der Waals surface area contributed by atoms with Gasteiger partial charge in [0.25, 0.3) is 0 Å². The van der Waals surface area contributed by atoms with Crippen LogP contribution in [0.3, 0.4) is 0 Å². The summed E-state index contributed by atoms with van der Waals surface area (Å²) in [4.78, 5) is 0. The molecule has 1 heterocycles. The first kappa shape index (κ1) is 12.6. The van der Waals surface area contributed by atoms with Gasteiger partial charge in [-0.1, -0.05) is 26.2 Å². The van der Waals surface area contributed by atoms with Crippen molar-refractivity contribution in [3.63, 3.8) is 0 Å². The molecule has 1 aromatic heterocycles. The molecule has 96 valence electrons. The Morgan fingerprint density at radius 3 is 2.59 bits per heavy atom. The maximum absolute atomic E-state index is 6.32. The third kappa shape index (κ3) is 2.39. The Morgan fingerprint density at radius 1 is 1.24 bits per heavy atom. The molecule has 0 amide bonds. The molecular formula is C14H25N3. The van der Waals surface area contributed by atoms with Crippen LogP contribution in [0.2, 0.25) is 0 Å². The number of rotatable bonds is 2. The molecule has 17 heavy (non-hydrogen) atoms. The summed E-state index contributed by atoms with van der Waals surface area (Å²) in [5.41, 5.74) is 10.2. The fourth-order valence-corrected chi connectivity index (χ4v) is 3.15. The van der Waals surface area contributed by atoms with Crippen LogP contribution < -0.4 is 5.73 Å². The summed E-state index contributed by atoms with van der Waals surface area (Å²) >= 11 is 0. The Bertz CT molecular complexity index is 381. The molecular weight excluding hydrogens is 210 g/mol. The van der Waals surface area contributed by atoms with Crippen LogP contribution in [-0.4, -0.2) is 15.8 Å². The van der Waals surface area contributed by atoms with Crippen molar-refractivity contribution in [3.8, 4) is 0 Å². The van der Waals surface area contributed by atoms with E-state index < -0.39 is 0 Å². The molecule has 0 saturated heterocycles. The molecule has 2 atom stereocenters. The second-order valence-electron chi connectivity index (χ2n) is 5.32. The standard InChI is InChI=1S/C14H25N3/c1-4-12-10(2)16-17(11(12)3)14-9-7-5-6-8-13(14)15/h13-14H,4-9,15H2,1-3H3. The van der Waals surface area contributed by atoms with Crippen LogP contribution in [0.25, 0.3) is 0 Å². The lowest BCUT2D eigenvalue weighted by Gasteiger charge is -2.23. The van der Waals surface area contributed by atoms with Crippen molar-refractivity contribution in [2.24, 2.45) is 5.73 Å². The molecule has 0 aromatic carbocycles. The number of nitrogens with two attached hydrogens (primary N) is 1. The summed E-state index contributed by atoms with van der Waals surface area (Å²) in [6.45, 7) is 6.51. The highest BCUT2D eigenvalue weighted by molar-refractivity contribution is 5.25. The average molecular weight is 235 g/mol. The van der Waals surface area contributed by atoms with Gasteiger partial charge in [0.2, 0.25) is 0 Å². The van der Waals surface area contributed by atoms with E-state index in [2.05, 4.69) is 25.5 Å². The second kappa shape index (κ2) is 5.21. The van der Waals surface area contributed by atoms with Crippen molar-refractivity contribution >= 4 is 0 Å². The Kier molecular flexibility index (Phi) is 3.87. The number of nitrogens with zero attached hydrogens (tertiary/aromatic N) is 2. The average Bonchev–Trinajstić information content (AvgIpc) is 2.48. The van der Waals surface area contributed by atoms with Gasteiger partial charge in [0, 0.05) is 11.7 Å². The van der Waals surface area contributed by atoms with Gasteiger partial charge in [0.15, 0.2) is 0 Å². The topological polar surface area (TPSA) is 43.8 Å². The zero-order chi connectivity index (χ0) is 12.4. The van der Waals surface area contributed by atoms with Gasteiger partial charge >= 0.3 is 0 Å². The van der Waals surface area contributed by atoms with E-state index in [1.807, 2.05) is 0 Å². The summed E-state index contributed by atoms with van der Waals surface area (Å²) in [5, 5.41) is 4.73. The van der Waals surface area contributed by atoms with E-state index in [4.69, 9.17) is 10.8 Å². The van der Waals surface area contributed by atoms with Gasteiger partial charge in [-0.25, -0.2) is 0 Å². The van der Waals surface area contributed by atoms with E-state index in [-0.39, 0.29) is 6.04 Å². The third-order valence-electron chi connectivity index (χ3n) is 4.17. The predicted molar refractivity (Wildman–Crippen MR) is 71.2 cm³/mol. The quantitative estimate of drug-likeness (QED) is 0.801. The molecule has 0 aliphatic heterocycles. The van der Waals surface area contributed by atoms with Gasteiger partial charge in [-0.3, -0.25) is 4.68 Å². The van der Waals surface area contributed by atoms with Gasteiger partial charge in [0.05, 0.1) is 11.7 Å². The van der Waals surface area contributed by atoms with E-state index in [9.17, 15) is 0 Å². The van der Waals surface area contributed by atoms with Crippen molar-refractivity contribution in [3.05, 3.63) is 17.0 Å². The highest BCUT2D eigenvalue weighted by Crippen LogP contribution is 2.28. The first-order chi connectivity index (χ1) is 8.15. The lowest BCUT2D eigenvalue weighted by atomic mass is 10.0. The van der Waals surface area contributed by atoms with Crippen LogP contribution in [0.15, 0.2) is 0 Å². The zero-order valence-electron chi connectivity index (χ0n) is 11.4. The number of aromatic nitrogens is 2. The molecule has 1 fully saturated rings. The maximum Gasteiger partial charge on any atom is 0.0673 e. The van der Waals surface area contributed by atoms with Crippen molar-refractivity contribution in [2.75, 3.05) is 0 Å². The van der Waals surface area contributed by atoms with Crippen LogP contribution in [0, 0.1) is 13.8 Å². The Balaban J connectivity index is 2.31. The number of hydrogen-bond acceptors (Lipinski definition) is 2. The Hall–Kier alpha value is -0.830. The van der Waals surface area contributed by atoms with Gasteiger partial charge in [-0.15, -0.1) is 0 Å². The Morgan fingerprint density at radius 2 is 1.94 bits per heavy atom. The minimum absolute atomic E-state index is 0.278. The summed E-state index contributed by atoms with van der Waals surface area (Å²) in [6.07, 6.45) is 7.29. The van der Waals surface area contributed by atoms with Crippen LogP contribution in [0.5, 0.6) is 0 Å². The van der Waals surface area contributed by atoms with Crippen LogP contribution in [-0.2, 0) is 6.42 Å². The van der Waals surface area contributed by atoms with Gasteiger partial charge in [0.1, 0.15) is 0 Å². The molecule has 2 N–H and O–H groups in total. The van der Waals surface area contributed by atoms with Crippen molar-refractivity contribution in [1.82, 2.24) is 9.78 Å². The number of hydrogen-bond donors (Lipinski definition) is 1. The molecule has 0 spiro atoms. The molecule has 0 bridgehead atoms. The number of aryl methyl sites for hydroxylation is 1. The van der Waals surface area contributed by atoms with Crippen molar-refractivity contribution in [1.29, 1.82) is 0 Å². The van der Waals surface area contributed by atoms with Crippen LogP contribution >= 0.6 is 0 Å². The van der Waals surface area contributed by atoms with Crippen LogP contribution in [0.4, 0.5) is 0 Å². The van der Waals surface area contributed by atoms with Gasteiger partial charge in [-0.05, 0) is 38.7 Å². The minimum atomic E-state index is 0.278. The van der Waals surface area contributed by atoms with Crippen molar-refractivity contribution < 1.29 is 0 Å². The summed E-state index contributed by atoms with van der Waals surface area (Å²) in [7, 11) is 0. The summed E-state index contributed by atoms with van der Waals surface area (Å²) < 4.78 is 2.21. The smallest absolute Gasteiger partial charge is 0.0673 e. The summed E-state index contributed by atoms with van der Waals surface area (Å²) in [5.74, 6) is 0. The van der Waals surface area contributed by atoms with Crippen LogP contribution in [0.1, 0.15) is 62.0 Å². The second-order valence-corrected chi connectivity index (χ2v) is 5.32. The maximum atomic E-state index is 6.32. The monoisotopic (exact) mass is 235 g/mol. The van der Waals surface area contributed by atoms with E-state index in [1.165, 1.54) is 42.6 Å². The first-order valence-corrected chi connectivity index (χ1v) is 6.95. The van der Waals surface area contributed by atoms with E-state index in [0.29, 0.717) is 6.04 Å². The van der Waals surface area contributed by atoms with E-state index in [0.717, 1.165) is 12.8 Å². The lowest BCUT2D eigenvalue weighted by Crippen LogP contribution is -2.32. The van der Waals surface area contributed by atoms with Gasteiger partial charge < -0.3 is 5.73 Å². The Labute approximate surface area is 104 Å². The largest absolute Gasteiger partial charge is 0.326 e. The molecule has 3 nitrogen and oxygen atoms in total.